The van der Waals surface area contributed by atoms with Gasteiger partial charge in [0.05, 0.1) is 0 Å². The number of fused-ring (bicyclic) bond motifs is 2. The van der Waals surface area contributed by atoms with E-state index in [2.05, 4.69) is 18.2 Å². The molecule has 4 rings (SSSR count). The van der Waals surface area contributed by atoms with Gasteiger partial charge in [-0.15, -0.1) is 0 Å². The van der Waals surface area contributed by atoms with E-state index < -0.39 is 0 Å². The summed E-state index contributed by atoms with van der Waals surface area (Å²) in [6.45, 7) is 0.886. The number of nitrogens with two attached hydrogens (primary N) is 1. The second-order valence-electron chi connectivity index (χ2n) is 7.00. The summed E-state index contributed by atoms with van der Waals surface area (Å²) < 4.78 is 0. The van der Waals surface area contributed by atoms with Crippen molar-refractivity contribution in [3.05, 3.63) is 34.9 Å². The van der Waals surface area contributed by atoms with Gasteiger partial charge in [-0.2, -0.15) is 0 Å². The largest absolute Gasteiger partial charge is 0.330 e. The smallest absolute Gasteiger partial charge is 0.00171 e. The van der Waals surface area contributed by atoms with Gasteiger partial charge in [0.2, 0.25) is 0 Å². The second-order valence-corrected chi connectivity index (χ2v) is 7.00. The summed E-state index contributed by atoms with van der Waals surface area (Å²) in [6.07, 6.45) is 9.45. The first-order valence-corrected chi connectivity index (χ1v) is 7.59. The minimum Gasteiger partial charge on any atom is -0.330 e. The molecule has 2 atom stereocenters. The number of aryl methyl sites for hydroxylation is 2. The highest BCUT2D eigenvalue weighted by atomic mass is 14.7. The molecule has 2 fully saturated rings. The Labute approximate surface area is 110 Å². The average Bonchev–Trinajstić information content (AvgIpc) is 2.81. The Balaban J connectivity index is 1.56. The molecule has 2 unspecified atom stereocenters. The fourth-order valence-corrected chi connectivity index (χ4v) is 4.56. The molecule has 2 N–H and O–H groups in total. The molecule has 0 radical (unpaired) electrons. The first-order chi connectivity index (χ1) is 8.78. The van der Waals surface area contributed by atoms with Crippen molar-refractivity contribution in [3.8, 4) is 0 Å². The standard InChI is InChI=1S/C17H23N/c18-11-17(9-15-7-16(15)10-17)8-12-4-5-13-2-1-3-14(13)6-12/h4-6,15-16H,1-3,7-11,18H2. The van der Waals surface area contributed by atoms with Crippen molar-refractivity contribution < 1.29 is 0 Å². The van der Waals surface area contributed by atoms with Gasteiger partial charge in [0.25, 0.3) is 0 Å². The van der Waals surface area contributed by atoms with Crippen LogP contribution in [0.1, 0.15) is 42.4 Å². The topological polar surface area (TPSA) is 26.0 Å². The van der Waals surface area contributed by atoms with Crippen molar-refractivity contribution in [1.82, 2.24) is 0 Å². The van der Waals surface area contributed by atoms with Gasteiger partial charge in [-0.05, 0) is 85.4 Å². The molecule has 1 aromatic carbocycles. The van der Waals surface area contributed by atoms with Crippen molar-refractivity contribution in [2.75, 3.05) is 6.54 Å². The Morgan fingerprint density at radius 1 is 1.11 bits per heavy atom. The maximum Gasteiger partial charge on any atom is -0.00171 e. The monoisotopic (exact) mass is 241 g/mol. The molecule has 3 aliphatic carbocycles. The van der Waals surface area contributed by atoms with Gasteiger partial charge >= 0.3 is 0 Å². The highest BCUT2D eigenvalue weighted by molar-refractivity contribution is 5.36. The fourth-order valence-electron chi connectivity index (χ4n) is 4.56. The van der Waals surface area contributed by atoms with Crippen molar-refractivity contribution in [3.63, 3.8) is 0 Å². The maximum atomic E-state index is 6.11. The zero-order valence-corrected chi connectivity index (χ0v) is 11.1. The Bertz CT molecular complexity index is 466. The summed E-state index contributed by atoms with van der Waals surface area (Å²) in [5.74, 6) is 2.06. The van der Waals surface area contributed by atoms with E-state index in [4.69, 9.17) is 5.73 Å². The molecule has 2 saturated carbocycles. The van der Waals surface area contributed by atoms with Crippen LogP contribution in [0.25, 0.3) is 0 Å². The predicted octanol–water partition coefficient (Wildman–Crippen LogP) is 3.09. The molecule has 1 nitrogen and oxygen atoms in total. The minimum absolute atomic E-state index is 0.445. The minimum atomic E-state index is 0.445. The van der Waals surface area contributed by atoms with Crippen LogP contribution in [-0.2, 0) is 19.3 Å². The van der Waals surface area contributed by atoms with Crippen LogP contribution >= 0.6 is 0 Å². The van der Waals surface area contributed by atoms with E-state index in [1.165, 1.54) is 44.9 Å². The molecule has 0 bridgehead atoms. The number of benzene rings is 1. The molecule has 0 saturated heterocycles. The van der Waals surface area contributed by atoms with Crippen LogP contribution in [0.5, 0.6) is 0 Å². The number of hydrogen-bond acceptors (Lipinski definition) is 1. The van der Waals surface area contributed by atoms with Crippen LogP contribution in [0.15, 0.2) is 18.2 Å². The molecular formula is C17H23N. The van der Waals surface area contributed by atoms with E-state index in [1.807, 2.05) is 0 Å². The maximum absolute atomic E-state index is 6.11. The SMILES string of the molecule is NCC1(Cc2ccc3c(c2)CCC3)CC2CC2C1. The lowest BCUT2D eigenvalue weighted by Crippen LogP contribution is -2.31. The number of hydrogen-bond donors (Lipinski definition) is 1. The normalized spacial score (nSPS) is 36.5. The molecular weight excluding hydrogens is 218 g/mol. The van der Waals surface area contributed by atoms with Crippen LogP contribution in [0, 0.1) is 17.3 Å². The van der Waals surface area contributed by atoms with E-state index >= 15 is 0 Å². The molecule has 1 heteroatoms. The molecule has 0 spiro atoms. The second kappa shape index (κ2) is 3.84. The van der Waals surface area contributed by atoms with Crippen molar-refractivity contribution in [2.45, 2.75) is 44.9 Å². The zero-order valence-electron chi connectivity index (χ0n) is 11.1. The molecule has 1 aromatic rings. The van der Waals surface area contributed by atoms with E-state index in [0.717, 1.165) is 18.4 Å². The van der Waals surface area contributed by atoms with E-state index in [1.54, 1.807) is 16.7 Å². The summed E-state index contributed by atoms with van der Waals surface area (Å²) in [6, 6.07) is 7.22. The summed E-state index contributed by atoms with van der Waals surface area (Å²) in [4.78, 5) is 0. The zero-order chi connectivity index (χ0) is 12.2. The van der Waals surface area contributed by atoms with E-state index in [-0.39, 0.29) is 0 Å². The predicted molar refractivity (Wildman–Crippen MR) is 74.5 cm³/mol. The Kier molecular flexibility index (Phi) is 2.35. The Morgan fingerprint density at radius 3 is 2.67 bits per heavy atom. The van der Waals surface area contributed by atoms with Gasteiger partial charge in [0.1, 0.15) is 0 Å². The first kappa shape index (κ1) is 11.0. The van der Waals surface area contributed by atoms with Crippen molar-refractivity contribution >= 4 is 0 Å². The highest BCUT2D eigenvalue weighted by Gasteiger charge is 2.52. The van der Waals surface area contributed by atoms with Gasteiger partial charge in [-0.3, -0.25) is 0 Å². The van der Waals surface area contributed by atoms with Crippen LogP contribution in [0.2, 0.25) is 0 Å². The summed E-state index contributed by atoms with van der Waals surface area (Å²) in [5.41, 5.74) is 11.3. The molecule has 0 aliphatic heterocycles. The third kappa shape index (κ3) is 1.72. The molecule has 3 aliphatic rings. The molecule has 18 heavy (non-hydrogen) atoms. The third-order valence-electron chi connectivity index (χ3n) is 5.63. The molecule has 96 valence electrons. The van der Waals surface area contributed by atoms with Gasteiger partial charge < -0.3 is 5.73 Å². The van der Waals surface area contributed by atoms with Gasteiger partial charge in [-0.1, -0.05) is 18.2 Å². The fraction of sp³-hybridized carbons (Fsp3) is 0.647. The summed E-state index contributed by atoms with van der Waals surface area (Å²) >= 11 is 0. The van der Waals surface area contributed by atoms with Crippen LogP contribution < -0.4 is 5.73 Å². The lowest BCUT2D eigenvalue weighted by atomic mass is 9.77. The van der Waals surface area contributed by atoms with Crippen LogP contribution in [-0.4, -0.2) is 6.54 Å². The number of rotatable bonds is 3. The highest BCUT2D eigenvalue weighted by Crippen LogP contribution is 2.60. The van der Waals surface area contributed by atoms with Crippen LogP contribution in [0.4, 0.5) is 0 Å². The first-order valence-electron chi connectivity index (χ1n) is 7.59. The quantitative estimate of drug-likeness (QED) is 0.864. The lowest BCUT2D eigenvalue weighted by Gasteiger charge is -2.29. The van der Waals surface area contributed by atoms with E-state index in [9.17, 15) is 0 Å². The molecule has 0 heterocycles. The average molecular weight is 241 g/mol. The lowest BCUT2D eigenvalue weighted by molar-refractivity contribution is 0.273. The Morgan fingerprint density at radius 2 is 1.89 bits per heavy atom. The Hall–Kier alpha value is -0.820. The van der Waals surface area contributed by atoms with Crippen molar-refractivity contribution in [1.29, 1.82) is 0 Å². The van der Waals surface area contributed by atoms with Crippen molar-refractivity contribution in [2.24, 2.45) is 23.0 Å². The van der Waals surface area contributed by atoms with E-state index in [0.29, 0.717) is 5.41 Å². The van der Waals surface area contributed by atoms with Gasteiger partial charge in [-0.25, -0.2) is 0 Å². The summed E-state index contributed by atoms with van der Waals surface area (Å²) in [5, 5.41) is 0. The molecule has 0 amide bonds. The van der Waals surface area contributed by atoms with Crippen LogP contribution in [0.3, 0.4) is 0 Å². The van der Waals surface area contributed by atoms with Gasteiger partial charge in [0.15, 0.2) is 0 Å². The van der Waals surface area contributed by atoms with Gasteiger partial charge in [0, 0.05) is 0 Å². The summed E-state index contributed by atoms with van der Waals surface area (Å²) in [7, 11) is 0. The molecule has 0 aromatic heterocycles. The third-order valence-corrected chi connectivity index (χ3v) is 5.63.